The Balaban J connectivity index is 2.05. The lowest BCUT2D eigenvalue weighted by atomic mass is 10.0. The molecule has 0 radical (unpaired) electrons. The van der Waals surface area contributed by atoms with Crippen LogP contribution in [0.5, 0.6) is 5.88 Å². The van der Waals surface area contributed by atoms with Gasteiger partial charge in [0.2, 0.25) is 11.8 Å². The van der Waals surface area contributed by atoms with Crippen LogP contribution in [0.4, 0.5) is 5.95 Å². The minimum Gasteiger partial charge on any atom is -0.474 e. The Hall–Kier alpha value is -1.36. The van der Waals surface area contributed by atoms with Gasteiger partial charge in [-0.05, 0) is 27.7 Å². The fourth-order valence-electron chi connectivity index (χ4n) is 2.45. The van der Waals surface area contributed by atoms with Crippen LogP contribution in [-0.4, -0.2) is 34.8 Å². The molecule has 1 aromatic rings. The van der Waals surface area contributed by atoms with Crippen molar-refractivity contribution >= 4 is 5.95 Å². The van der Waals surface area contributed by atoms with Crippen LogP contribution in [-0.2, 0) is 4.74 Å². The molecule has 0 amide bonds. The Kier molecular flexibility index (Phi) is 4.58. The van der Waals surface area contributed by atoms with Gasteiger partial charge in [0, 0.05) is 31.1 Å². The lowest BCUT2D eigenvalue weighted by Gasteiger charge is -2.32. The Labute approximate surface area is 114 Å². The molecule has 2 heterocycles. The van der Waals surface area contributed by atoms with Gasteiger partial charge in [-0.25, -0.2) is 4.98 Å². The van der Waals surface area contributed by atoms with Crippen molar-refractivity contribution in [2.75, 3.05) is 11.9 Å². The third-order valence-corrected chi connectivity index (χ3v) is 3.11. The summed E-state index contributed by atoms with van der Waals surface area (Å²) in [5, 5.41) is 3.12. The van der Waals surface area contributed by atoms with Gasteiger partial charge in [0.15, 0.2) is 0 Å². The van der Waals surface area contributed by atoms with Crippen molar-refractivity contribution in [1.82, 2.24) is 9.97 Å². The monoisotopic (exact) mass is 265 g/mol. The van der Waals surface area contributed by atoms with Crippen LogP contribution in [0.25, 0.3) is 0 Å². The van der Waals surface area contributed by atoms with Crippen molar-refractivity contribution in [2.24, 2.45) is 0 Å². The number of hydrogen-bond acceptors (Lipinski definition) is 5. The van der Waals surface area contributed by atoms with Crippen LogP contribution in [0.3, 0.4) is 0 Å². The predicted molar refractivity (Wildman–Crippen MR) is 74.6 cm³/mol. The summed E-state index contributed by atoms with van der Waals surface area (Å²) in [7, 11) is 0. The van der Waals surface area contributed by atoms with Gasteiger partial charge >= 0.3 is 0 Å². The zero-order chi connectivity index (χ0) is 13.8. The van der Waals surface area contributed by atoms with Gasteiger partial charge in [-0.15, -0.1) is 0 Å². The standard InChI is InChI=1S/C14H23N3O2/c1-5-15-14-16-9(2)6-13(17-14)19-12-7-10(3)18-11(4)8-12/h6,10-12H,5,7-8H2,1-4H3,(H,15,16,17). The molecule has 0 aliphatic carbocycles. The molecule has 1 aliphatic rings. The van der Waals surface area contributed by atoms with Crippen molar-refractivity contribution in [1.29, 1.82) is 0 Å². The summed E-state index contributed by atoms with van der Waals surface area (Å²) in [6.45, 7) is 8.94. The summed E-state index contributed by atoms with van der Waals surface area (Å²) in [6, 6.07) is 1.88. The maximum absolute atomic E-state index is 5.99. The van der Waals surface area contributed by atoms with E-state index >= 15 is 0 Å². The van der Waals surface area contributed by atoms with Gasteiger partial charge in [-0.1, -0.05) is 0 Å². The summed E-state index contributed by atoms with van der Waals surface area (Å²) in [6.07, 6.45) is 2.46. The number of nitrogens with one attached hydrogen (secondary N) is 1. The number of aryl methyl sites for hydroxylation is 1. The lowest BCUT2D eigenvalue weighted by molar-refractivity contribution is -0.0729. The third kappa shape index (κ3) is 4.06. The van der Waals surface area contributed by atoms with Crippen molar-refractivity contribution in [3.63, 3.8) is 0 Å². The molecule has 0 bridgehead atoms. The second-order valence-corrected chi connectivity index (χ2v) is 5.17. The molecule has 0 saturated carbocycles. The van der Waals surface area contributed by atoms with Crippen LogP contribution in [0.1, 0.15) is 39.3 Å². The second kappa shape index (κ2) is 6.19. The molecule has 1 saturated heterocycles. The van der Waals surface area contributed by atoms with E-state index in [2.05, 4.69) is 29.1 Å². The molecule has 2 rings (SSSR count). The normalized spacial score (nSPS) is 27.1. The van der Waals surface area contributed by atoms with E-state index in [-0.39, 0.29) is 18.3 Å². The fourth-order valence-corrected chi connectivity index (χ4v) is 2.45. The Morgan fingerprint density at radius 2 is 2.00 bits per heavy atom. The third-order valence-electron chi connectivity index (χ3n) is 3.11. The van der Waals surface area contributed by atoms with Gasteiger partial charge < -0.3 is 14.8 Å². The van der Waals surface area contributed by atoms with E-state index < -0.39 is 0 Å². The van der Waals surface area contributed by atoms with Gasteiger partial charge in [-0.3, -0.25) is 0 Å². The van der Waals surface area contributed by atoms with E-state index in [0.717, 1.165) is 25.1 Å². The molecule has 2 atom stereocenters. The number of aromatic nitrogens is 2. The first-order valence-electron chi connectivity index (χ1n) is 6.98. The van der Waals surface area contributed by atoms with E-state index in [1.54, 1.807) is 0 Å². The van der Waals surface area contributed by atoms with E-state index in [1.807, 2.05) is 19.9 Å². The SMILES string of the molecule is CCNc1nc(C)cc(OC2CC(C)OC(C)C2)n1. The molecule has 1 fully saturated rings. The number of anilines is 1. The zero-order valence-corrected chi connectivity index (χ0v) is 12.1. The summed E-state index contributed by atoms with van der Waals surface area (Å²) < 4.78 is 11.7. The molecule has 1 aromatic heterocycles. The average Bonchev–Trinajstić information content (AvgIpc) is 2.26. The van der Waals surface area contributed by atoms with E-state index in [1.165, 1.54) is 0 Å². The molecule has 2 unspecified atom stereocenters. The highest BCUT2D eigenvalue weighted by Gasteiger charge is 2.26. The first-order chi connectivity index (χ1) is 9.06. The van der Waals surface area contributed by atoms with Crippen LogP contribution in [0, 0.1) is 6.92 Å². The van der Waals surface area contributed by atoms with Crippen LogP contribution >= 0.6 is 0 Å². The van der Waals surface area contributed by atoms with E-state index in [9.17, 15) is 0 Å². The quantitative estimate of drug-likeness (QED) is 0.906. The Morgan fingerprint density at radius 1 is 1.32 bits per heavy atom. The number of rotatable bonds is 4. The predicted octanol–water partition coefficient (Wildman–Crippen LogP) is 2.55. The van der Waals surface area contributed by atoms with Crippen molar-refractivity contribution in [3.05, 3.63) is 11.8 Å². The van der Waals surface area contributed by atoms with Crippen molar-refractivity contribution < 1.29 is 9.47 Å². The summed E-state index contributed by atoms with van der Waals surface area (Å²) >= 11 is 0. The molecular formula is C14H23N3O2. The van der Waals surface area contributed by atoms with E-state index in [0.29, 0.717) is 11.8 Å². The second-order valence-electron chi connectivity index (χ2n) is 5.17. The molecule has 1 aliphatic heterocycles. The van der Waals surface area contributed by atoms with Gasteiger partial charge in [0.05, 0.1) is 12.2 Å². The lowest BCUT2D eigenvalue weighted by Crippen LogP contribution is -2.35. The summed E-state index contributed by atoms with van der Waals surface area (Å²) in [5.41, 5.74) is 0.911. The van der Waals surface area contributed by atoms with Crippen molar-refractivity contribution in [3.8, 4) is 5.88 Å². The smallest absolute Gasteiger partial charge is 0.226 e. The van der Waals surface area contributed by atoms with Crippen molar-refractivity contribution in [2.45, 2.75) is 58.8 Å². The number of nitrogens with zero attached hydrogens (tertiary/aromatic N) is 2. The molecule has 0 spiro atoms. The van der Waals surface area contributed by atoms with Crippen LogP contribution in [0.2, 0.25) is 0 Å². The molecule has 0 aromatic carbocycles. The molecule has 5 heteroatoms. The largest absolute Gasteiger partial charge is 0.474 e. The first-order valence-corrected chi connectivity index (χ1v) is 6.98. The first kappa shape index (κ1) is 14.1. The minimum atomic E-state index is 0.169. The molecular weight excluding hydrogens is 242 g/mol. The molecule has 19 heavy (non-hydrogen) atoms. The molecule has 1 N–H and O–H groups in total. The maximum atomic E-state index is 5.99. The molecule has 106 valence electrons. The highest BCUT2D eigenvalue weighted by atomic mass is 16.5. The molecule has 5 nitrogen and oxygen atoms in total. The van der Waals surface area contributed by atoms with Crippen LogP contribution in [0.15, 0.2) is 6.07 Å². The van der Waals surface area contributed by atoms with Gasteiger partial charge in [0.25, 0.3) is 0 Å². The van der Waals surface area contributed by atoms with Gasteiger partial charge in [0.1, 0.15) is 6.10 Å². The number of hydrogen-bond donors (Lipinski definition) is 1. The highest BCUT2D eigenvalue weighted by Crippen LogP contribution is 2.24. The fraction of sp³-hybridized carbons (Fsp3) is 0.714. The Bertz CT molecular complexity index is 415. The van der Waals surface area contributed by atoms with E-state index in [4.69, 9.17) is 9.47 Å². The highest BCUT2D eigenvalue weighted by molar-refractivity contribution is 5.30. The zero-order valence-electron chi connectivity index (χ0n) is 12.1. The Morgan fingerprint density at radius 3 is 2.63 bits per heavy atom. The number of ether oxygens (including phenoxy) is 2. The van der Waals surface area contributed by atoms with Gasteiger partial charge in [-0.2, -0.15) is 4.98 Å². The topological polar surface area (TPSA) is 56.3 Å². The summed E-state index contributed by atoms with van der Waals surface area (Å²) in [4.78, 5) is 8.70. The average molecular weight is 265 g/mol. The van der Waals surface area contributed by atoms with Crippen LogP contribution < -0.4 is 10.1 Å². The summed E-state index contributed by atoms with van der Waals surface area (Å²) in [5.74, 6) is 1.28. The minimum absolute atomic E-state index is 0.169. The maximum Gasteiger partial charge on any atom is 0.226 e.